The Balaban J connectivity index is 2.43. The van der Waals surface area contributed by atoms with Gasteiger partial charge in [-0.1, -0.05) is 0 Å². The minimum Gasteiger partial charge on any atom is -0.504 e. The molecule has 0 amide bonds. The molecule has 2 aromatic rings. The summed E-state index contributed by atoms with van der Waals surface area (Å²) in [5.41, 5.74) is 1.07. The molecular formula is C11H10N2O3. The average molecular weight is 218 g/mol. The first kappa shape index (κ1) is 10.2. The van der Waals surface area contributed by atoms with E-state index in [0.717, 1.165) is 5.56 Å². The lowest BCUT2D eigenvalue weighted by molar-refractivity contribution is 0.111. The lowest BCUT2D eigenvalue weighted by Gasteiger charge is -2.04. The summed E-state index contributed by atoms with van der Waals surface area (Å²) in [6.07, 6.45) is 2.18. The van der Waals surface area contributed by atoms with Crippen LogP contribution in [0.25, 0.3) is 11.4 Å². The van der Waals surface area contributed by atoms with E-state index in [1.54, 1.807) is 12.1 Å². The number of methoxy groups -OCH3 is 1. The summed E-state index contributed by atoms with van der Waals surface area (Å²) >= 11 is 0. The average Bonchev–Trinajstić information content (AvgIpc) is 2.78. The molecule has 0 atom stereocenters. The molecule has 1 aromatic heterocycles. The van der Waals surface area contributed by atoms with Gasteiger partial charge >= 0.3 is 0 Å². The largest absolute Gasteiger partial charge is 0.504 e. The summed E-state index contributed by atoms with van der Waals surface area (Å²) < 4.78 is 4.98. The van der Waals surface area contributed by atoms with Gasteiger partial charge in [0.05, 0.1) is 7.11 Å². The zero-order chi connectivity index (χ0) is 11.5. The number of ether oxygens (including phenoxy) is 1. The van der Waals surface area contributed by atoms with Gasteiger partial charge in [-0.25, -0.2) is 4.98 Å². The molecule has 0 saturated carbocycles. The lowest BCUT2D eigenvalue weighted by atomic mass is 10.2. The van der Waals surface area contributed by atoms with Crippen LogP contribution < -0.4 is 4.74 Å². The van der Waals surface area contributed by atoms with E-state index in [2.05, 4.69) is 9.97 Å². The van der Waals surface area contributed by atoms with Crippen molar-refractivity contribution >= 4 is 6.29 Å². The molecule has 0 saturated heterocycles. The monoisotopic (exact) mass is 218 g/mol. The fraction of sp³-hybridized carbons (Fsp3) is 0.0909. The second-order valence-corrected chi connectivity index (χ2v) is 3.18. The molecule has 1 aromatic carbocycles. The molecule has 0 aliphatic rings. The topological polar surface area (TPSA) is 75.2 Å². The van der Waals surface area contributed by atoms with Crippen LogP contribution in [0, 0.1) is 0 Å². The van der Waals surface area contributed by atoms with Gasteiger partial charge in [0.15, 0.2) is 17.8 Å². The van der Waals surface area contributed by atoms with Gasteiger partial charge in [0.2, 0.25) is 0 Å². The molecule has 5 heteroatoms. The second-order valence-electron chi connectivity index (χ2n) is 3.18. The highest BCUT2D eigenvalue weighted by Gasteiger charge is 2.07. The molecule has 16 heavy (non-hydrogen) atoms. The number of carbonyl (C=O) groups excluding carboxylic acids is 1. The number of imidazole rings is 1. The number of nitrogens with one attached hydrogen (secondary N) is 1. The minimum atomic E-state index is 0.0633. The van der Waals surface area contributed by atoms with Crippen LogP contribution in [0.1, 0.15) is 10.5 Å². The van der Waals surface area contributed by atoms with E-state index in [4.69, 9.17) is 4.74 Å². The molecule has 0 bridgehead atoms. The number of phenolic OH excluding ortho intramolecular Hbond substituents is 1. The van der Waals surface area contributed by atoms with Crippen molar-refractivity contribution in [2.75, 3.05) is 7.11 Å². The highest BCUT2D eigenvalue weighted by Crippen LogP contribution is 2.29. The van der Waals surface area contributed by atoms with Crippen LogP contribution in [0.15, 0.2) is 24.4 Å². The molecule has 0 radical (unpaired) electrons. The van der Waals surface area contributed by atoms with Gasteiger partial charge in [0.1, 0.15) is 11.5 Å². The molecule has 0 aliphatic carbocycles. The van der Waals surface area contributed by atoms with Crippen LogP contribution >= 0.6 is 0 Å². The van der Waals surface area contributed by atoms with Crippen molar-refractivity contribution < 1.29 is 14.6 Å². The quantitative estimate of drug-likeness (QED) is 0.767. The number of benzene rings is 1. The first-order chi connectivity index (χ1) is 7.74. The molecule has 0 unspecified atom stereocenters. The third-order valence-corrected chi connectivity index (χ3v) is 2.17. The standard InChI is InChI=1S/C11H10N2O3/c1-16-10-4-7(2-3-9(10)15)11-12-5-8(6-14)13-11/h2-6,15H,1H3,(H,12,13). The normalized spacial score (nSPS) is 10.1. The number of phenols is 1. The third kappa shape index (κ3) is 1.75. The summed E-state index contributed by atoms with van der Waals surface area (Å²) in [4.78, 5) is 17.4. The van der Waals surface area contributed by atoms with Gasteiger partial charge in [-0.15, -0.1) is 0 Å². The van der Waals surface area contributed by atoms with Crippen molar-refractivity contribution in [1.82, 2.24) is 9.97 Å². The van der Waals surface area contributed by atoms with E-state index in [1.165, 1.54) is 19.4 Å². The molecule has 5 nitrogen and oxygen atoms in total. The predicted molar refractivity (Wildman–Crippen MR) is 57.6 cm³/mol. The number of aromatic hydroxyl groups is 1. The van der Waals surface area contributed by atoms with Gasteiger partial charge < -0.3 is 14.8 Å². The summed E-state index contributed by atoms with van der Waals surface area (Å²) in [6, 6.07) is 4.84. The maximum Gasteiger partial charge on any atom is 0.170 e. The molecule has 2 N–H and O–H groups in total. The first-order valence-electron chi connectivity index (χ1n) is 4.62. The number of H-pyrrole nitrogens is 1. The summed E-state index contributed by atoms with van der Waals surface area (Å²) in [7, 11) is 1.47. The Morgan fingerprint density at radius 2 is 2.31 bits per heavy atom. The third-order valence-electron chi connectivity index (χ3n) is 2.17. The van der Waals surface area contributed by atoms with E-state index < -0.39 is 0 Å². The molecule has 0 aliphatic heterocycles. The summed E-state index contributed by atoms with van der Waals surface area (Å²) in [5.74, 6) is 0.982. The van der Waals surface area contributed by atoms with Crippen LogP contribution in [0.3, 0.4) is 0 Å². The number of rotatable bonds is 3. The molecule has 2 rings (SSSR count). The van der Waals surface area contributed by atoms with Crippen molar-refractivity contribution in [2.45, 2.75) is 0 Å². The van der Waals surface area contributed by atoms with E-state index in [0.29, 0.717) is 23.6 Å². The predicted octanol–water partition coefficient (Wildman–Crippen LogP) is 1.60. The molecule has 1 heterocycles. The molecular weight excluding hydrogens is 208 g/mol. The zero-order valence-corrected chi connectivity index (χ0v) is 8.60. The number of aromatic nitrogens is 2. The fourth-order valence-electron chi connectivity index (χ4n) is 1.37. The SMILES string of the molecule is COc1cc(-c2nc(C=O)c[nH]2)ccc1O. The Labute approximate surface area is 91.7 Å². The number of hydrogen-bond acceptors (Lipinski definition) is 4. The van der Waals surface area contributed by atoms with Crippen LogP contribution in [0.5, 0.6) is 11.5 Å². The van der Waals surface area contributed by atoms with Crippen LogP contribution in [-0.4, -0.2) is 28.5 Å². The molecule has 0 spiro atoms. The minimum absolute atomic E-state index is 0.0633. The Bertz CT molecular complexity index is 520. The van der Waals surface area contributed by atoms with Crippen molar-refractivity contribution in [1.29, 1.82) is 0 Å². The molecule has 0 fully saturated rings. The van der Waals surface area contributed by atoms with Gasteiger partial charge in [-0.2, -0.15) is 0 Å². The Hall–Kier alpha value is -2.30. The molecule has 82 valence electrons. The highest BCUT2D eigenvalue weighted by atomic mass is 16.5. The van der Waals surface area contributed by atoms with Crippen LogP contribution in [-0.2, 0) is 0 Å². The van der Waals surface area contributed by atoms with Crippen LogP contribution in [0.4, 0.5) is 0 Å². The van der Waals surface area contributed by atoms with Gasteiger partial charge in [0, 0.05) is 11.8 Å². The van der Waals surface area contributed by atoms with Crippen LogP contribution in [0.2, 0.25) is 0 Å². The second kappa shape index (κ2) is 4.06. The number of aldehydes is 1. The fourth-order valence-corrected chi connectivity index (χ4v) is 1.37. The van der Waals surface area contributed by atoms with Gasteiger partial charge in [-0.05, 0) is 18.2 Å². The Kier molecular flexibility index (Phi) is 2.59. The van der Waals surface area contributed by atoms with E-state index in [1.807, 2.05) is 0 Å². The zero-order valence-electron chi connectivity index (χ0n) is 8.60. The first-order valence-corrected chi connectivity index (χ1v) is 4.62. The number of aromatic amines is 1. The maximum atomic E-state index is 10.5. The van der Waals surface area contributed by atoms with E-state index >= 15 is 0 Å². The summed E-state index contributed by atoms with van der Waals surface area (Å²) in [5, 5.41) is 9.42. The van der Waals surface area contributed by atoms with Gasteiger partial charge in [-0.3, -0.25) is 4.79 Å². The van der Waals surface area contributed by atoms with E-state index in [-0.39, 0.29) is 5.75 Å². The maximum absolute atomic E-state index is 10.5. The van der Waals surface area contributed by atoms with Crippen molar-refractivity contribution in [3.05, 3.63) is 30.1 Å². The summed E-state index contributed by atoms with van der Waals surface area (Å²) in [6.45, 7) is 0. The Morgan fingerprint density at radius 3 is 2.94 bits per heavy atom. The smallest absolute Gasteiger partial charge is 0.170 e. The van der Waals surface area contributed by atoms with E-state index in [9.17, 15) is 9.90 Å². The van der Waals surface area contributed by atoms with Gasteiger partial charge in [0.25, 0.3) is 0 Å². The lowest BCUT2D eigenvalue weighted by Crippen LogP contribution is -1.86. The number of carbonyl (C=O) groups is 1. The van der Waals surface area contributed by atoms with Crippen molar-refractivity contribution in [2.24, 2.45) is 0 Å². The van der Waals surface area contributed by atoms with Crippen molar-refractivity contribution in [3.8, 4) is 22.9 Å². The number of nitrogens with zero attached hydrogens (tertiary/aromatic N) is 1. The number of hydrogen-bond donors (Lipinski definition) is 2. The Morgan fingerprint density at radius 1 is 1.50 bits per heavy atom. The van der Waals surface area contributed by atoms with Crippen molar-refractivity contribution in [3.63, 3.8) is 0 Å². The highest BCUT2D eigenvalue weighted by molar-refractivity contribution is 5.73.